The van der Waals surface area contributed by atoms with E-state index in [9.17, 15) is 9.18 Å². The molecule has 2 aromatic rings. The number of hydrogen-bond donors (Lipinski definition) is 3. The van der Waals surface area contributed by atoms with Gasteiger partial charge in [-0.25, -0.2) is 9.37 Å². The molecule has 6 nitrogen and oxygen atoms in total. The van der Waals surface area contributed by atoms with E-state index in [0.717, 1.165) is 11.3 Å². The molecule has 0 aliphatic rings. The summed E-state index contributed by atoms with van der Waals surface area (Å²) in [5.74, 6) is 0.728. The minimum Gasteiger partial charge on any atom is -0.356 e. The summed E-state index contributed by atoms with van der Waals surface area (Å²) >= 11 is 0. The van der Waals surface area contributed by atoms with E-state index in [4.69, 9.17) is 0 Å². The van der Waals surface area contributed by atoms with Crippen LogP contribution in [0.2, 0.25) is 0 Å². The van der Waals surface area contributed by atoms with Crippen LogP contribution in [0.25, 0.3) is 0 Å². The van der Waals surface area contributed by atoms with Crippen LogP contribution in [0.3, 0.4) is 0 Å². The molecule has 0 radical (unpaired) electrons. The van der Waals surface area contributed by atoms with E-state index >= 15 is 0 Å². The number of pyridine rings is 1. The molecular formula is C19H24FN5O. The second-order valence-electron chi connectivity index (χ2n) is 5.90. The maximum atomic E-state index is 13.6. The van der Waals surface area contributed by atoms with Gasteiger partial charge in [0.2, 0.25) is 5.91 Å². The number of aliphatic imine (C=N–C) groups is 1. The Kier molecular flexibility index (Phi) is 7.08. The Balaban J connectivity index is 1.74. The van der Waals surface area contributed by atoms with Crippen molar-refractivity contribution >= 4 is 17.7 Å². The summed E-state index contributed by atoms with van der Waals surface area (Å²) in [5, 5.41) is 8.90. The molecule has 0 unspecified atom stereocenters. The minimum absolute atomic E-state index is 0.133. The number of carbonyl (C=O) groups is 1. The minimum atomic E-state index is -0.228. The molecule has 0 fully saturated rings. The van der Waals surface area contributed by atoms with Gasteiger partial charge in [0.25, 0.3) is 0 Å². The van der Waals surface area contributed by atoms with Crippen LogP contribution in [0.15, 0.2) is 41.4 Å². The lowest BCUT2D eigenvalue weighted by molar-refractivity contribution is -0.116. The molecule has 0 spiro atoms. The molecule has 1 aromatic heterocycles. The third-order valence-corrected chi connectivity index (χ3v) is 3.72. The predicted molar refractivity (Wildman–Crippen MR) is 102 cm³/mol. The van der Waals surface area contributed by atoms with E-state index in [0.29, 0.717) is 30.4 Å². The van der Waals surface area contributed by atoms with Crippen LogP contribution in [-0.2, 0) is 11.3 Å². The van der Waals surface area contributed by atoms with E-state index in [-0.39, 0.29) is 18.1 Å². The van der Waals surface area contributed by atoms with Crippen molar-refractivity contribution in [1.29, 1.82) is 0 Å². The van der Waals surface area contributed by atoms with Crippen LogP contribution in [0.5, 0.6) is 0 Å². The van der Waals surface area contributed by atoms with Gasteiger partial charge in [-0.2, -0.15) is 0 Å². The van der Waals surface area contributed by atoms with Crippen LogP contribution < -0.4 is 16.0 Å². The number of carbonyl (C=O) groups excluding carboxylic acids is 1. The Morgan fingerprint density at radius 3 is 2.69 bits per heavy atom. The zero-order valence-corrected chi connectivity index (χ0v) is 15.3. The standard InChI is InChI=1S/C19H24FN5O/c1-13-7-8-15(11-16(13)20)12-23-19(21-3)22-10-9-18(26)25-17-6-4-5-14(2)24-17/h4-8,11H,9-10,12H2,1-3H3,(H2,21,22,23)(H,24,25,26). The highest BCUT2D eigenvalue weighted by Crippen LogP contribution is 2.08. The van der Waals surface area contributed by atoms with Gasteiger partial charge in [0.15, 0.2) is 5.96 Å². The Bertz CT molecular complexity index is 791. The first-order chi connectivity index (χ1) is 12.5. The summed E-state index contributed by atoms with van der Waals surface area (Å²) in [7, 11) is 1.64. The molecule has 0 saturated carbocycles. The summed E-state index contributed by atoms with van der Waals surface area (Å²) in [6, 6.07) is 10.6. The number of benzene rings is 1. The van der Waals surface area contributed by atoms with Gasteiger partial charge in [-0.15, -0.1) is 0 Å². The summed E-state index contributed by atoms with van der Waals surface area (Å²) in [6.07, 6.45) is 0.273. The fourth-order valence-corrected chi connectivity index (χ4v) is 2.27. The molecule has 0 aliphatic carbocycles. The summed E-state index contributed by atoms with van der Waals surface area (Å²) in [4.78, 5) is 20.3. The average molecular weight is 357 g/mol. The Hall–Kier alpha value is -2.96. The molecule has 2 rings (SSSR count). The zero-order chi connectivity index (χ0) is 18.9. The Morgan fingerprint density at radius 2 is 2.00 bits per heavy atom. The van der Waals surface area contributed by atoms with Crippen molar-refractivity contribution in [2.45, 2.75) is 26.8 Å². The summed E-state index contributed by atoms with van der Waals surface area (Å²) < 4.78 is 13.6. The number of nitrogens with zero attached hydrogens (tertiary/aromatic N) is 2. The van der Waals surface area contributed by atoms with Gasteiger partial charge in [-0.3, -0.25) is 9.79 Å². The topological polar surface area (TPSA) is 78.4 Å². The van der Waals surface area contributed by atoms with Gasteiger partial charge in [0.1, 0.15) is 11.6 Å². The number of aryl methyl sites for hydroxylation is 2. The zero-order valence-electron chi connectivity index (χ0n) is 15.3. The number of amides is 1. The number of rotatable bonds is 6. The average Bonchev–Trinajstić information content (AvgIpc) is 2.60. The second kappa shape index (κ2) is 9.50. The van der Waals surface area contributed by atoms with Gasteiger partial charge in [0.05, 0.1) is 0 Å². The van der Waals surface area contributed by atoms with Crippen LogP contribution in [0, 0.1) is 19.7 Å². The SMILES string of the molecule is CN=C(NCCC(=O)Nc1cccc(C)n1)NCc1ccc(C)c(F)c1. The highest BCUT2D eigenvalue weighted by atomic mass is 19.1. The number of nitrogens with one attached hydrogen (secondary N) is 3. The number of aromatic nitrogens is 1. The van der Waals surface area contributed by atoms with E-state index < -0.39 is 0 Å². The number of halogens is 1. The Labute approximate surface area is 152 Å². The third-order valence-electron chi connectivity index (χ3n) is 3.72. The molecule has 1 heterocycles. The molecule has 0 bridgehead atoms. The maximum absolute atomic E-state index is 13.6. The lowest BCUT2D eigenvalue weighted by Gasteiger charge is -2.12. The second-order valence-corrected chi connectivity index (χ2v) is 5.90. The van der Waals surface area contributed by atoms with E-state index in [2.05, 4.69) is 25.9 Å². The first-order valence-electron chi connectivity index (χ1n) is 8.41. The molecule has 0 atom stereocenters. The van der Waals surface area contributed by atoms with Crippen molar-refractivity contribution in [3.8, 4) is 0 Å². The molecule has 0 saturated heterocycles. The smallest absolute Gasteiger partial charge is 0.227 e. The predicted octanol–water partition coefficient (Wildman–Crippen LogP) is 2.53. The molecule has 1 aromatic carbocycles. The highest BCUT2D eigenvalue weighted by molar-refractivity contribution is 5.90. The molecule has 138 valence electrons. The van der Waals surface area contributed by atoms with Crippen LogP contribution in [0.4, 0.5) is 10.2 Å². The van der Waals surface area contributed by atoms with Gasteiger partial charge >= 0.3 is 0 Å². The van der Waals surface area contributed by atoms with Crippen molar-refractivity contribution in [3.05, 3.63) is 59.0 Å². The van der Waals surface area contributed by atoms with E-state index in [1.165, 1.54) is 6.07 Å². The molecule has 0 aliphatic heterocycles. The van der Waals surface area contributed by atoms with Crippen LogP contribution >= 0.6 is 0 Å². The number of hydrogen-bond acceptors (Lipinski definition) is 3. The van der Waals surface area contributed by atoms with Crippen molar-refractivity contribution in [1.82, 2.24) is 15.6 Å². The number of anilines is 1. The largest absolute Gasteiger partial charge is 0.356 e. The van der Waals surface area contributed by atoms with Gasteiger partial charge in [-0.1, -0.05) is 18.2 Å². The van der Waals surface area contributed by atoms with Gasteiger partial charge in [-0.05, 0) is 43.2 Å². The summed E-state index contributed by atoms with van der Waals surface area (Å²) in [5.41, 5.74) is 2.28. The quantitative estimate of drug-likeness (QED) is 0.548. The maximum Gasteiger partial charge on any atom is 0.227 e. The van der Waals surface area contributed by atoms with E-state index in [1.807, 2.05) is 25.1 Å². The van der Waals surface area contributed by atoms with Crippen LogP contribution in [0.1, 0.15) is 23.2 Å². The third kappa shape index (κ3) is 6.16. The van der Waals surface area contributed by atoms with Gasteiger partial charge in [0, 0.05) is 32.3 Å². The number of guanidine groups is 1. The molecule has 26 heavy (non-hydrogen) atoms. The summed E-state index contributed by atoms with van der Waals surface area (Å²) in [6.45, 7) is 4.45. The van der Waals surface area contributed by atoms with Crippen molar-refractivity contribution < 1.29 is 9.18 Å². The van der Waals surface area contributed by atoms with Crippen molar-refractivity contribution in [2.75, 3.05) is 18.9 Å². The molecule has 7 heteroatoms. The first kappa shape index (κ1) is 19.4. The fourth-order valence-electron chi connectivity index (χ4n) is 2.27. The molecule has 1 amide bonds. The highest BCUT2D eigenvalue weighted by Gasteiger charge is 2.05. The molecular weight excluding hydrogens is 333 g/mol. The van der Waals surface area contributed by atoms with Gasteiger partial charge < -0.3 is 16.0 Å². The van der Waals surface area contributed by atoms with Crippen LogP contribution in [-0.4, -0.2) is 30.4 Å². The van der Waals surface area contributed by atoms with Crippen molar-refractivity contribution in [3.63, 3.8) is 0 Å². The van der Waals surface area contributed by atoms with Crippen molar-refractivity contribution in [2.24, 2.45) is 4.99 Å². The van der Waals surface area contributed by atoms with E-state index in [1.54, 1.807) is 26.1 Å². The fraction of sp³-hybridized carbons (Fsp3) is 0.316. The lowest BCUT2D eigenvalue weighted by Crippen LogP contribution is -2.38. The lowest BCUT2D eigenvalue weighted by atomic mass is 10.1. The monoisotopic (exact) mass is 357 g/mol. The first-order valence-corrected chi connectivity index (χ1v) is 8.41. The Morgan fingerprint density at radius 1 is 1.19 bits per heavy atom. The normalized spacial score (nSPS) is 11.2. The molecule has 3 N–H and O–H groups in total.